The van der Waals surface area contributed by atoms with Crippen LogP contribution in [-0.4, -0.2) is 62.2 Å². The van der Waals surface area contributed by atoms with Gasteiger partial charge in [-0.25, -0.2) is 4.79 Å². The maximum atomic E-state index is 11.1. The number of carbonyl (C=O) groups excluding carboxylic acids is 2. The lowest BCUT2D eigenvalue weighted by Gasteiger charge is -1.98. The maximum absolute atomic E-state index is 11.1. The average molecular weight is 329 g/mol. The van der Waals surface area contributed by atoms with E-state index in [1.54, 1.807) is 6.92 Å². The highest BCUT2D eigenvalue weighted by molar-refractivity contribution is 5.88. The van der Waals surface area contributed by atoms with E-state index in [0.29, 0.717) is 13.0 Å². The standard InChI is InChI=1S/C7H14O3.C7H10O3.CH4O.H2/c2*1-2-10-7(9)5-3-4-6-8;1-2;/h8H,2-6H2,1H3;8H,2,4,6H2,1H3;2H,1H3;1H/i3D2,5D2;;2D;1+1D. The highest BCUT2D eigenvalue weighted by atomic mass is 16.5. The lowest BCUT2D eigenvalue weighted by Crippen LogP contribution is -2.03. The van der Waals surface area contributed by atoms with E-state index in [9.17, 15) is 9.59 Å². The van der Waals surface area contributed by atoms with E-state index in [4.69, 9.17) is 20.1 Å². The molecule has 0 heterocycles. The van der Waals surface area contributed by atoms with Crippen LogP contribution in [0.4, 0.5) is 0 Å². The summed E-state index contributed by atoms with van der Waals surface area (Å²) >= 11 is 0. The Morgan fingerprint density at radius 1 is 1.27 bits per heavy atom. The molecule has 0 saturated heterocycles. The number of aliphatic hydroxyl groups is 3. The minimum absolute atomic E-state index is 0.00640. The summed E-state index contributed by atoms with van der Waals surface area (Å²) in [6.07, 6.45) is -5.28. The molecule has 7 nitrogen and oxygen atoms in total. The second-order valence-electron chi connectivity index (χ2n) is 2.99. The van der Waals surface area contributed by atoms with Crippen LogP contribution in [0.1, 0.15) is 47.9 Å². The molecule has 0 spiro atoms. The van der Waals surface area contributed by atoms with Gasteiger partial charge in [-0.1, -0.05) is 5.92 Å². The Morgan fingerprint density at radius 2 is 1.86 bits per heavy atom. The Hall–Kier alpha value is -1.62. The Bertz CT molecular complexity index is 466. The third kappa shape index (κ3) is 26.8. The van der Waals surface area contributed by atoms with Gasteiger partial charge < -0.3 is 24.8 Å². The van der Waals surface area contributed by atoms with Crippen molar-refractivity contribution >= 4 is 11.9 Å². The van der Waals surface area contributed by atoms with Crippen molar-refractivity contribution in [2.24, 2.45) is 0 Å². The molecule has 3 N–H and O–H groups in total. The van der Waals surface area contributed by atoms with Crippen LogP contribution in [0.5, 0.6) is 0 Å². The van der Waals surface area contributed by atoms with E-state index in [2.05, 4.69) is 26.4 Å². The van der Waals surface area contributed by atoms with Gasteiger partial charge in [0, 0.05) is 40.9 Å². The van der Waals surface area contributed by atoms with Crippen molar-refractivity contribution in [3.8, 4) is 11.8 Å². The zero-order valence-corrected chi connectivity index (χ0v) is 13.2. The molecule has 7 heteroatoms. The molecule has 0 aromatic rings. The van der Waals surface area contributed by atoms with Crippen LogP contribution in [0, 0.1) is 11.8 Å². The van der Waals surface area contributed by atoms with Gasteiger partial charge >= 0.3 is 11.9 Å². The summed E-state index contributed by atoms with van der Waals surface area (Å²) in [5.41, 5.74) is 0. The molecule has 0 radical (unpaired) electrons. The molecule has 0 aliphatic heterocycles. The fraction of sp³-hybridized carbons (Fsp3) is 0.733. The molecule has 0 aliphatic rings. The summed E-state index contributed by atoms with van der Waals surface area (Å²) in [7, 11) is 1.29. The first kappa shape index (κ1) is 14.0. The maximum Gasteiger partial charge on any atom is 0.384 e. The van der Waals surface area contributed by atoms with Gasteiger partial charge in [0.05, 0.1) is 19.8 Å². The van der Waals surface area contributed by atoms with Crippen molar-refractivity contribution in [2.75, 3.05) is 33.5 Å². The van der Waals surface area contributed by atoms with Gasteiger partial charge in [0.2, 0.25) is 1.43 Å². The Kier molecular flexibility index (Phi) is 15.5. The van der Waals surface area contributed by atoms with Crippen LogP contribution in [-0.2, 0) is 19.1 Å². The summed E-state index contributed by atoms with van der Waals surface area (Å²) in [6.45, 7) is 3.01. The van der Waals surface area contributed by atoms with E-state index >= 15 is 0 Å². The number of aliphatic hydroxyl groups excluding tert-OH is 3. The molecule has 0 atom stereocenters. The first-order valence-corrected chi connectivity index (χ1v) is 6.56. The zero-order chi connectivity index (χ0) is 23.9. The van der Waals surface area contributed by atoms with Crippen LogP contribution >= 0.6 is 0 Å². The third-order valence-electron chi connectivity index (χ3n) is 1.41. The molecular weight excluding hydrogens is 292 g/mol. The van der Waals surface area contributed by atoms with Gasteiger partial charge in [-0.2, -0.15) is 0 Å². The van der Waals surface area contributed by atoms with Gasteiger partial charge in [-0.3, -0.25) is 4.79 Å². The molecule has 0 amide bonds. The summed E-state index contributed by atoms with van der Waals surface area (Å²) < 4.78 is 53.6. The molecule has 0 fully saturated rings. The number of rotatable bonds is 7. The molecule has 0 bridgehead atoms. The highest BCUT2D eigenvalue weighted by Crippen LogP contribution is 1.95. The van der Waals surface area contributed by atoms with Gasteiger partial charge in [-0.15, -0.1) is 0 Å². The quantitative estimate of drug-likeness (QED) is 0.354. The minimum atomic E-state index is -2.73. The number of hydrogen-bond donors (Lipinski definition) is 3. The first-order valence-electron chi connectivity index (χ1n) is 9.96. The molecular formula is C15H30O7. The molecule has 0 saturated carbocycles. The Morgan fingerprint density at radius 3 is 2.32 bits per heavy atom. The number of hydrogen-bond acceptors (Lipinski definition) is 7. The number of esters is 2. The van der Waals surface area contributed by atoms with Crippen molar-refractivity contribution in [3.05, 3.63) is 0 Å². The van der Waals surface area contributed by atoms with Crippen molar-refractivity contribution < 1.29 is 42.8 Å². The largest absolute Gasteiger partial charge is 0.466 e. The summed E-state index contributed by atoms with van der Waals surface area (Å²) in [5.74, 6) is 2.89. The van der Waals surface area contributed by atoms with Crippen LogP contribution in [0.2, 0.25) is 0 Å². The third-order valence-corrected chi connectivity index (χ3v) is 1.41. The monoisotopic (exact) mass is 329 g/mol. The van der Waals surface area contributed by atoms with Crippen LogP contribution < -0.4 is 0 Å². The van der Waals surface area contributed by atoms with Crippen molar-refractivity contribution in [1.82, 2.24) is 0 Å². The fourth-order valence-electron chi connectivity index (χ4n) is 0.715. The van der Waals surface area contributed by atoms with Crippen LogP contribution in [0.15, 0.2) is 0 Å². The van der Waals surface area contributed by atoms with Crippen molar-refractivity contribution in [1.29, 1.82) is 1.43 Å². The number of carbonyl (C=O) groups is 2. The lowest BCUT2D eigenvalue weighted by atomic mass is 10.2. The number of ether oxygens (including phenoxy) is 2. The van der Waals surface area contributed by atoms with E-state index in [0.717, 1.165) is 0 Å². The molecule has 0 aliphatic carbocycles. The Labute approximate surface area is 142 Å². The molecule has 22 heavy (non-hydrogen) atoms. The Balaban J connectivity index is -0.000000182. The van der Waals surface area contributed by atoms with Crippen LogP contribution in [0.25, 0.3) is 0 Å². The lowest BCUT2D eigenvalue weighted by molar-refractivity contribution is -0.143. The average Bonchev–Trinajstić information content (AvgIpc) is 2.65. The topological polar surface area (TPSA) is 113 Å². The van der Waals surface area contributed by atoms with Crippen molar-refractivity contribution in [2.45, 2.75) is 39.4 Å². The zero-order valence-electron chi connectivity index (χ0n) is 20.2. The van der Waals surface area contributed by atoms with Crippen molar-refractivity contribution in [3.63, 3.8) is 0 Å². The summed E-state index contributed by atoms with van der Waals surface area (Å²) in [5, 5.41) is 20.3. The molecule has 0 rings (SSSR count). The predicted octanol–water partition coefficient (Wildman–Crippen LogP) is 0.502. The highest BCUT2D eigenvalue weighted by Gasteiger charge is 1.98. The van der Waals surface area contributed by atoms with E-state index in [-0.39, 0.29) is 13.2 Å². The van der Waals surface area contributed by atoms with E-state index < -0.39 is 37.7 Å². The normalized spacial score (nSPS) is 13.0. The minimum Gasteiger partial charge on any atom is -0.466 e. The molecule has 0 unspecified atom stereocenters. The first-order chi connectivity index (χ1) is 13.5. The van der Waals surface area contributed by atoms with E-state index in [1.807, 2.05) is 0 Å². The molecule has 132 valence electrons. The summed E-state index contributed by atoms with van der Waals surface area (Å²) in [6, 6.07) is 0. The van der Waals surface area contributed by atoms with Gasteiger partial charge in [0.25, 0.3) is 0 Å². The SMILES string of the molecule is CCOC(=O)C#CCCO.[2H]C([2H])(CCO)C([2H])([2H])C(=O)OCC.[2H]OC.[2H][2H]. The second kappa shape index (κ2) is 24.4. The summed E-state index contributed by atoms with van der Waals surface area (Å²) in [4.78, 5) is 21.5. The smallest absolute Gasteiger partial charge is 0.384 e. The van der Waals surface area contributed by atoms with E-state index in [1.165, 1.54) is 14.0 Å². The van der Waals surface area contributed by atoms with Gasteiger partial charge in [0.1, 0.15) is 0 Å². The fourth-order valence-corrected chi connectivity index (χ4v) is 0.715. The van der Waals surface area contributed by atoms with Gasteiger partial charge in [0.15, 0.2) is 0 Å². The molecule has 0 aromatic heterocycles. The predicted molar refractivity (Wildman–Crippen MR) is 83.9 cm³/mol. The molecule has 0 aromatic carbocycles. The second-order valence-corrected chi connectivity index (χ2v) is 2.99. The van der Waals surface area contributed by atoms with Gasteiger partial charge in [-0.05, 0) is 26.6 Å². The van der Waals surface area contributed by atoms with Crippen LogP contribution in [0.3, 0.4) is 0 Å².